The summed E-state index contributed by atoms with van der Waals surface area (Å²) >= 11 is 4.30. The summed E-state index contributed by atoms with van der Waals surface area (Å²) in [7, 11) is 0. The van der Waals surface area contributed by atoms with Crippen molar-refractivity contribution in [3.05, 3.63) is 45.1 Å². The number of rotatable bonds is 4. The number of nitrogens with two attached hydrogens (primary N) is 1. The number of thiophene rings is 1. The first kappa shape index (κ1) is 18.8. The first-order valence-corrected chi connectivity index (χ1v) is 11.2. The maximum Gasteiger partial charge on any atom is 0.219 e. The molecule has 28 heavy (non-hydrogen) atoms. The molecule has 1 atom stereocenters. The second-order valence-electron chi connectivity index (χ2n) is 6.18. The Morgan fingerprint density at radius 1 is 1.43 bits per heavy atom. The van der Waals surface area contributed by atoms with Crippen LogP contribution in [-0.4, -0.2) is 21.7 Å². The first-order valence-electron chi connectivity index (χ1n) is 8.55. The molecule has 6 nitrogen and oxygen atoms in total. The van der Waals surface area contributed by atoms with Crippen LogP contribution in [0, 0.1) is 23.7 Å². The molecule has 0 radical (unpaired) electrons. The van der Waals surface area contributed by atoms with Crippen LogP contribution >= 0.6 is 34.4 Å². The molecular weight excluding hydrogens is 410 g/mol. The second kappa shape index (κ2) is 7.80. The highest BCUT2D eigenvalue weighted by Gasteiger charge is 2.41. The van der Waals surface area contributed by atoms with Crippen LogP contribution < -0.4 is 10.6 Å². The normalized spacial score (nSPS) is 19.4. The zero-order chi connectivity index (χ0) is 19.7. The van der Waals surface area contributed by atoms with Crippen molar-refractivity contribution in [1.82, 2.24) is 10.2 Å². The first-order chi connectivity index (χ1) is 13.7. The maximum absolute atomic E-state index is 12.9. The van der Waals surface area contributed by atoms with Gasteiger partial charge in [0.2, 0.25) is 5.13 Å². The van der Waals surface area contributed by atoms with Crippen LogP contribution in [0.15, 0.2) is 44.5 Å². The minimum absolute atomic E-state index is 0.0661. The largest absolute Gasteiger partial charge is 0.384 e. The highest BCUT2D eigenvalue weighted by Crippen LogP contribution is 2.47. The van der Waals surface area contributed by atoms with E-state index < -0.39 is 5.92 Å². The van der Waals surface area contributed by atoms with Crippen molar-refractivity contribution in [2.24, 2.45) is 5.73 Å². The van der Waals surface area contributed by atoms with Gasteiger partial charge in [0, 0.05) is 22.6 Å². The number of Topliss-reactive ketones (excluding diaryl/α,β-unsaturated/α-hetero) is 1. The third kappa shape index (κ3) is 3.12. The molecule has 2 aromatic heterocycles. The monoisotopic (exact) mass is 425 g/mol. The summed E-state index contributed by atoms with van der Waals surface area (Å²) in [5, 5.41) is 20.8. The summed E-state index contributed by atoms with van der Waals surface area (Å²) in [5.41, 5.74) is 8.33. The molecule has 2 aliphatic rings. The predicted octanol–water partition coefficient (Wildman–Crippen LogP) is 3.63. The molecule has 0 amide bonds. The highest BCUT2D eigenvalue weighted by atomic mass is 32.2. The smallest absolute Gasteiger partial charge is 0.219 e. The van der Waals surface area contributed by atoms with Crippen molar-refractivity contribution in [3.8, 4) is 18.4 Å². The number of hydrogen-bond acceptors (Lipinski definition) is 9. The molecule has 9 heteroatoms. The quantitative estimate of drug-likeness (QED) is 0.590. The van der Waals surface area contributed by atoms with Crippen LogP contribution in [0.2, 0.25) is 0 Å². The van der Waals surface area contributed by atoms with Gasteiger partial charge in [0.05, 0.1) is 23.3 Å². The third-order valence-corrected chi connectivity index (χ3v) is 7.49. The van der Waals surface area contributed by atoms with Crippen molar-refractivity contribution < 1.29 is 4.79 Å². The number of thioether (sulfide) groups is 1. The fourth-order valence-electron chi connectivity index (χ4n) is 3.50. The Bertz CT molecular complexity index is 1070. The number of anilines is 1. The van der Waals surface area contributed by atoms with Crippen molar-refractivity contribution in [2.75, 3.05) is 10.7 Å². The number of ketones is 1. The minimum atomic E-state index is -0.410. The molecule has 0 bridgehead atoms. The van der Waals surface area contributed by atoms with E-state index in [0.717, 1.165) is 21.3 Å². The Morgan fingerprint density at radius 2 is 2.29 bits per heavy atom. The lowest BCUT2D eigenvalue weighted by Gasteiger charge is -2.37. The van der Waals surface area contributed by atoms with E-state index >= 15 is 0 Å². The van der Waals surface area contributed by atoms with Crippen LogP contribution in [0.25, 0.3) is 0 Å². The molecule has 1 unspecified atom stereocenters. The number of nitriles is 1. The van der Waals surface area contributed by atoms with E-state index in [1.807, 2.05) is 17.5 Å². The number of allylic oxidation sites excluding steroid dienone is 3. The van der Waals surface area contributed by atoms with Gasteiger partial charge in [-0.3, -0.25) is 9.69 Å². The average molecular weight is 426 g/mol. The lowest BCUT2D eigenvalue weighted by atomic mass is 9.78. The number of hydrogen-bond donors (Lipinski definition) is 1. The second-order valence-corrected chi connectivity index (χ2v) is 9.33. The van der Waals surface area contributed by atoms with Crippen LogP contribution in [0.3, 0.4) is 0 Å². The van der Waals surface area contributed by atoms with Crippen molar-refractivity contribution in [2.45, 2.75) is 29.5 Å². The zero-order valence-electron chi connectivity index (χ0n) is 14.7. The molecule has 0 saturated carbocycles. The van der Waals surface area contributed by atoms with Gasteiger partial charge in [-0.2, -0.15) is 5.26 Å². The topological polar surface area (TPSA) is 95.9 Å². The van der Waals surface area contributed by atoms with Crippen LogP contribution in [0.5, 0.6) is 0 Å². The summed E-state index contributed by atoms with van der Waals surface area (Å²) in [5.74, 6) is 3.03. The molecule has 1 aliphatic carbocycles. The van der Waals surface area contributed by atoms with E-state index in [2.05, 4.69) is 22.2 Å². The van der Waals surface area contributed by atoms with Crippen molar-refractivity contribution >= 4 is 45.4 Å². The SMILES string of the molecule is C#CCSc1nnc(N2C(N)=C(C#N)C(c3cccs3)C3=C2CCCC3=O)s1. The fourth-order valence-corrected chi connectivity index (χ4v) is 5.90. The van der Waals surface area contributed by atoms with Gasteiger partial charge in [-0.1, -0.05) is 35.1 Å². The summed E-state index contributed by atoms with van der Waals surface area (Å²) in [6.45, 7) is 0. The molecule has 140 valence electrons. The predicted molar refractivity (Wildman–Crippen MR) is 112 cm³/mol. The zero-order valence-corrected chi connectivity index (χ0v) is 17.2. The lowest BCUT2D eigenvalue weighted by molar-refractivity contribution is -0.116. The minimum Gasteiger partial charge on any atom is -0.384 e. The van der Waals surface area contributed by atoms with Gasteiger partial charge >= 0.3 is 0 Å². The molecule has 2 N–H and O–H groups in total. The van der Waals surface area contributed by atoms with Gasteiger partial charge in [0.25, 0.3) is 0 Å². The van der Waals surface area contributed by atoms with Crippen LogP contribution in [0.4, 0.5) is 5.13 Å². The average Bonchev–Trinajstić information content (AvgIpc) is 3.38. The van der Waals surface area contributed by atoms with Gasteiger partial charge in [-0.05, 0) is 24.3 Å². The summed E-state index contributed by atoms with van der Waals surface area (Å²) in [6.07, 6.45) is 7.25. The van der Waals surface area contributed by atoms with E-state index in [-0.39, 0.29) is 5.78 Å². The van der Waals surface area contributed by atoms with E-state index in [1.165, 1.54) is 34.4 Å². The molecule has 1 aliphatic heterocycles. The molecule has 0 saturated heterocycles. The molecule has 2 aromatic rings. The molecule has 3 heterocycles. The van der Waals surface area contributed by atoms with Gasteiger partial charge in [0.15, 0.2) is 10.1 Å². The highest BCUT2D eigenvalue weighted by molar-refractivity contribution is 8.01. The Morgan fingerprint density at radius 3 is 3.00 bits per heavy atom. The standard InChI is InChI=1S/C19H15N5OS3/c1-2-8-27-19-23-22-18(28-19)24-12-5-3-6-13(25)16(12)15(11(10-20)17(24)21)14-7-4-9-26-14/h1,4,7,9,15H,3,5-6,8,21H2. The Kier molecular flexibility index (Phi) is 5.23. The Labute approximate surface area is 174 Å². The number of carbonyl (C=O) groups excluding carboxylic acids is 1. The van der Waals surface area contributed by atoms with Gasteiger partial charge in [0.1, 0.15) is 5.82 Å². The summed E-state index contributed by atoms with van der Waals surface area (Å²) < 4.78 is 0.726. The molecular formula is C19H15N5OS3. The van der Waals surface area contributed by atoms with E-state index in [0.29, 0.717) is 40.7 Å². The van der Waals surface area contributed by atoms with E-state index in [4.69, 9.17) is 12.2 Å². The fraction of sp³-hybridized carbons (Fsp3) is 0.263. The van der Waals surface area contributed by atoms with E-state index in [1.54, 1.807) is 4.90 Å². The van der Waals surface area contributed by atoms with Crippen LogP contribution in [-0.2, 0) is 4.79 Å². The van der Waals surface area contributed by atoms with Gasteiger partial charge in [-0.25, -0.2) is 0 Å². The molecule has 0 fully saturated rings. The summed E-state index contributed by atoms with van der Waals surface area (Å²) in [4.78, 5) is 15.6. The maximum atomic E-state index is 12.9. The number of carbonyl (C=O) groups is 1. The van der Waals surface area contributed by atoms with Crippen LogP contribution in [0.1, 0.15) is 30.1 Å². The van der Waals surface area contributed by atoms with Gasteiger partial charge in [-0.15, -0.1) is 28.0 Å². The van der Waals surface area contributed by atoms with Crippen molar-refractivity contribution in [1.29, 1.82) is 5.26 Å². The molecule has 0 aromatic carbocycles. The summed E-state index contributed by atoms with van der Waals surface area (Å²) in [6, 6.07) is 6.11. The van der Waals surface area contributed by atoms with Crippen molar-refractivity contribution in [3.63, 3.8) is 0 Å². The number of terminal acetylenes is 1. The van der Waals surface area contributed by atoms with E-state index in [9.17, 15) is 10.1 Å². The Balaban J connectivity index is 1.86. The third-order valence-electron chi connectivity index (χ3n) is 4.61. The Hall–Kier alpha value is -2.59. The molecule has 4 rings (SSSR count). The number of aromatic nitrogens is 2. The lowest BCUT2D eigenvalue weighted by Crippen LogP contribution is -2.38. The number of nitrogens with zero attached hydrogens (tertiary/aromatic N) is 4. The molecule has 0 spiro atoms. The van der Waals surface area contributed by atoms with Gasteiger partial charge < -0.3 is 5.73 Å².